The highest BCUT2D eigenvalue weighted by molar-refractivity contribution is 5.72. The second-order valence-corrected chi connectivity index (χ2v) is 1.62. The Bertz CT molecular complexity index is 105. The lowest BCUT2D eigenvalue weighted by Gasteiger charge is -1.94. The van der Waals surface area contributed by atoms with Crippen LogP contribution in [-0.4, -0.2) is 12.9 Å². The normalized spacial score (nSPS) is 11.1. The zero-order valence-electron chi connectivity index (χ0n) is 5.89. The summed E-state index contributed by atoms with van der Waals surface area (Å²) in [6, 6.07) is 0. The van der Waals surface area contributed by atoms with E-state index in [0.29, 0.717) is 12.2 Å². The Morgan fingerprint density at radius 1 is 1.56 bits per heavy atom. The van der Waals surface area contributed by atoms with Gasteiger partial charge in [-0.1, -0.05) is 6.92 Å². The van der Waals surface area contributed by atoms with Crippen molar-refractivity contribution in [3.05, 3.63) is 11.8 Å². The molecule has 0 unspecified atom stereocenters. The Morgan fingerprint density at radius 3 is 2.56 bits per heavy atom. The molecule has 0 amide bonds. The van der Waals surface area contributed by atoms with Crippen LogP contribution in [0.15, 0.2) is 11.8 Å². The molecule has 0 aromatic carbocycles. The van der Waals surface area contributed by atoms with Crippen molar-refractivity contribution >= 4 is 6.29 Å². The van der Waals surface area contributed by atoms with Crippen LogP contribution in [0.2, 0.25) is 0 Å². The number of rotatable bonds is 4. The van der Waals surface area contributed by atoms with Crippen LogP contribution in [0.3, 0.4) is 0 Å². The fraction of sp³-hybridized carbons (Fsp3) is 0.571. The summed E-state index contributed by atoms with van der Waals surface area (Å²) in [5, 5.41) is 0. The molecule has 52 valence electrons. The lowest BCUT2D eigenvalue weighted by Crippen LogP contribution is -1.85. The van der Waals surface area contributed by atoms with E-state index in [1.165, 1.54) is 6.26 Å². The molecule has 0 aromatic rings. The van der Waals surface area contributed by atoms with Crippen molar-refractivity contribution in [2.24, 2.45) is 0 Å². The highest BCUT2D eigenvalue weighted by Gasteiger charge is 1.87. The number of allylic oxidation sites excluding steroid dienone is 1. The summed E-state index contributed by atoms with van der Waals surface area (Å²) in [4.78, 5) is 10.1. The molecular formula is C7H12O2. The van der Waals surface area contributed by atoms with E-state index in [1.807, 2.05) is 13.8 Å². The molecule has 0 fully saturated rings. The molecule has 2 nitrogen and oxygen atoms in total. The van der Waals surface area contributed by atoms with Gasteiger partial charge in [-0.25, -0.2) is 0 Å². The molecular weight excluding hydrogens is 116 g/mol. The van der Waals surface area contributed by atoms with E-state index in [2.05, 4.69) is 0 Å². The molecule has 0 N–H and O–H groups in total. The quantitative estimate of drug-likeness (QED) is 0.326. The average Bonchev–Trinajstić information content (AvgIpc) is 1.91. The van der Waals surface area contributed by atoms with Crippen molar-refractivity contribution in [2.45, 2.75) is 20.3 Å². The van der Waals surface area contributed by atoms with Gasteiger partial charge in [-0.05, 0) is 13.3 Å². The minimum atomic E-state index is 0.622. The monoisotopic (exact) mass is 128 g/mol. The zero-order chi connectivity index (χ0) is 7.11. The van der Waals surface area contributed by atoms with Gasteiger partial charge in [0.1, 0.15) is 6.29 Å². The fourth-order valence-electron chi connectivity index (χ4n) is 0.385. The maximum absolute atomic E-state index is 10.1. The molecule has 0 saturated carbocycles. The Kier molecular flexibility index (Phi) is 4.88. The first-order chi connectivity index (χ1) is 4.35. The van der Waals surface area contributed by atoms with Crippen molar-refractivity contribution in [3.8, 4) is 0 Å². The summed E-state index contributed by atoms with van der Waals surface area (Å²) in [6.07, 6.45) is 3.06. The van der Waals surface area contributed by atoms with Crippen LogP contribution < -0.4 is 0 Å². The number of carbonyl (C=O) groups excluding carboxylic acids is 1. The third-order valence-electron chi connectivity index (χ3n) is 0.961. The highest BCUT2D eigenvalue weighted by atomic mass is 16.5. The van der Waals surface area contributed by atoms with Crippen molar-refractivity contribution in [1.82, 2.24) is 0 Å². The van der Waals surface area contributed by atoms with Gasteiger partial charge in [0, 0.05) is 5.57 Å². The number of ether oxygens (including phenoxy) is 1. The molecule has 0 aliphatic carbocycles. The smallest absolute Gasteiger partial charge is 0.149 e. The van der Waals surface area contributed by atoms with Crippen molar-refractivity contribution in [1.29, 1.82) is 0 Å². The van der Waals surface area contributed by atoms with Gasteiger partial charge in [0.2, 0.25) is 0 Å². The number of carbonyl (C=O) groups is 1. The van der Waals surface area contributed by atoms with Gasteiger partial charge in [0.15, 0.2) is 0 Å². The van der Waals surface area contributed by atoms with E-state index in [-0.39, 0.29) is 0 Å². The predicted molar refractivity (Wildman–Crippen MR) is 36.1 cm³/mol. The first-order valence-electron chi connectivity index (χ1n) is 3.11. The summed E-state index contributed by atoms with van der Waals surface area (Å²) < 4.78 is 4.88. The molecule has 0 atom stereocenters. The molecule has 0 aliphatic rings. The van der Waals surface area contributed by atoms with Gasteiger partial charge < -0.3 is 4.74 Å². The van der Waals surface area contributed by atoms with Crippen LogP contribution in [0.5, 0.6) is 0 Å². The summed E-state index contributed by atoms with van der Waals surface area (Å²) in [7, 11) is 0. The minimum absolute atomic E-state index is 0.622. The summed E-state index contributed by atoms with van der Waals surface area (Å²) in [6.45, 7) is 4.42. The van der Waals surface area contributed by atoms with E-state index in [1.54, 1.807) is 0 Å². The number of hydrogen-bond acceptors (Lipinski definition) is 2. The maximum atomic E-state index is 10.1. The van der Waals surface area contributed by atoms with E-state index in [4.69, 9.17) is 4.74 Å². The van der Waals surface area contributed by atoms with E-state index < -0.39 is 0 Å². The lowest BCUT2D eigenvalue weighted by molar-refractivity contribution is -0.105. The van der Waals surface area contributed by atoms with Crippen LogP contribution in [0.25, 0.3) is 0 Å². The van der Waals surface area contributed by atoms with Gasteiger partial charge >= 0.3 is 0 Å². The third-order valence-corrected chi connectivity index (χ3v) is 0.961. The minimum Gasteiger partial charge on any atom is -0.501 e. The molecule has 0 aliphatic heterocycles. The van der Waals surface area contributed by atoms with Crippen LogP contribution in [0, 0.1) is 0 Å². The van der Waals surface area contributed by atoms with Crippen LogP contribution >= 0.6 is 0 Å². The summed E-state index contributed by atoms with van der Waals surface area (Å²) in [5.74, 6) is 0. The van der Waals surface area contributed by atoms with Gasteiger partial charge in [0.25, 0.3) is 0 Å². The average molecular weight is 128 g/mol. The zero-order valence-corrected chi connectivity index (χ0v) is 5.89. The second-order valence-electron chi connectivity index (χ2n) is 1.62. The Labute approximate surface area is 55.5 Å². The Morgan fingerprint density at radius 2 is 2.22 bits per heavy atom. The fourth-order valence-corrected chi connectivity index (χ4v) is 0.385. The van der Waals surface area contributed by atoms with Crippen molar-refractivity contribution in [2.75, 3.05) is 6.61 Å². The molecule has 2 heteroatoms. The van der Waals surface area contributed by atoms with Gasteiger partial charge in [-0.15, -0.1) is 0 Å². The van der Waals surface area contributed by atoms with Crippen LogP contribution in [0.4, 0.5) is 0 Å². The summed E-state index contributed by atoms with van der Waals surface area (Å²) in [5.41, 5.74) is 0.705. The molecule has 9 heavy (non-hydrogen) atoms. The molecule has 0 rings (SSSR count). The molecule has 0 heterocycles. The van der Waals surface area contributed by atoms with Gasteiger partial charge in [-0.2, -0.15) is 0 Å². The van der Waals surface area contributed by atoms with E-state index >= 15 is 0 Å². The largest absolute Gasteiger partial charge is 0.501 e. The summed E-state index contributed by atoms with van der Waals surface area (Å²) >= 11 is 0. The van der Waals surface area contributed by atoms with Crippen molar-refractivity contribution < 1.29 is 9.53 Å². The van der Waals surface area contributed by atoms with E-state index in [9.17, 15) is 4.79 Å². The third kappa shape index (κ3) is 3.76. The van der Waals surface area contributed by atoms with Gasteiger partial charge in [0.05, 0.1) is 12.9 Å². The first-order valence-corrected chi connectivity index (χ1v) is 3.11. The first kappa shape index (κ1) is 8.21. The molecule has 0 spiro atoms. The molecule has 0 radical (unpaired) electrons. The molecule has 0 saturated heterocycles. The Balaban J connectivity index is 3.61. The maximum Gasteiger partial charge on any atom is 0.149 e. The highest BCUT2D eigenvalue weighted by Crippen LogP contribution is 1.94. The second kappa shape index (κ2) is 5.35. The van der Waals surface area contributed by atoms with Crippen LogP contribution in [0.1, 0.15) is 20.3 Å². The number of aldehydes is 1. The topological polar surface area (TPSA) is 26.3 Å². The molecule has 0 bridgehead atoms. The SMILES string of the molecule is CCO/C=C(\C=O)CC. The molecule has 0 aromatic heterocycles. The lowest BCUT2D eigenvalue weighted by atomic mass is 10.3. The standard InChI is InChI=1S/C7H12O2/c1-3-7(5-8)6-9-4-2/h5-6H,3-4H2,1-2H3/b7-6-. The van der Waals surface area contributed by atoms with Crippen LogP contribution in [-0.2, 0) is 9.53 Å². The Hall–Kier alpha value is -0.790. The van der Waals surface area contributed by atoms with Crippen molar-refractivity contribution in [3.63, 3.8) is 0 Å². The number of hydrogen-bond donors (Lipinski definition) is 0. The van der Waals surface area contributed by atoms with E-state index in [0.717, 1.165) is 12.7 Å². The van der Waals surface area contributed by atoms with Gasteiger partial charge in [-0.3, -0.25) is 4.79 Å². The predicted octanol–water partition coefficient (Wildman–Crippen LogP) is 1.52.